The molecule has 8 atom stereocenters. The summed E-state index contributed by atoms with van der Waals surface area (Å²) in [5.74, 6) is -3.31. The van der Waals surface area contributed by atoms with Crippen LogP contribution in [-0.2, 0) is 35.2 Å². The van der Waals surface area contributed by atoms with Gasteiger partial charge in [-0.3, -0.25) is 19.2 Å². The van der Waals surface area contributed by atoms with E-state index in [4.69, 9.17) is 9.47 Å². The number of esters is 1. The third kappa shape index (κ3) is 7.42. The highest BCUT2D eigenvalue weighted by atomic mass is 16.6. The smallest absolute Gasteiger partial charge is 0.313 e. The molecular weight excluding hydrogens is 634 g/mol. The molecule has 2 aromatic carbocycles. The van der Waals surface area contributed by atoms with Crippen molar-refractivity contribution in [2.45, 2.75) is 95.4 Å². The van der Waals surface area contributed by atoms with E-state index >= 15 is 0 Å². The summed E-state index contributed by atoms with van der Waals surface area (Å²) in [6.45, 7) is 13.6. The van der Waals surface area contributed by atoms with Crippen molar-refractivity contribution in [3.05, 3.63) is 97.1 Å². The van der Waals surface area contributed by atoms with Gasteiger partial charge in [0.15, 0.2) is 0 Å². The Morgan fingerprint density at radius 1 is 1.08 bits per heavy atom. The van der Waals surface area contributed by atoms with E-state index in [9.17, 15) is 24.3 Å². The van der Waals surface area contributed by atoms with Gasteiger partial charge in [0.05, 0.1) is 36.6 Å². The maximum absolute atomic E-state index is 14.8. The van der Waals surface area contributed by atoms with Crippen LogP contribution in [0.1, 0.15) is 70.1 Å². The average Bonchev–Trinajstić information content (AvgIpc) is 3.76. The first-order valence-corrected chi connectivity index (χ1v) is 17.8. The molecule has 3 amide bonds. The summed E-state index contributed by atoms with van der Waals surface area (Å²) >= 11 is 0. The number of allylic oxidation sites excluding steroid dienone is 1. The van der Waals surface area contributed by atoms with Crippen molar-refractivity contribution in [2.75, 3.05) is 13.2 Å². The lowest BCUT2D eigenvalue weighted by atomic mass is 9.70. The fourth-order valence-electron chi connectivity index (χ4n) is 8.16. The molecule has 2 aromatic rings. The number of benzene rings is 2. The van der Waals surface area contributed by atoms with E-state index in [1.807, 2.05) is 74.5 Å². The number of rotatable bonds is 17. The van der Waals surface area contributed by atoms with E-state index in [1.165, 1.54) is 4.90 Å². The normalized spacial score (nSPS) is 25.5. The Kier molecular flexibility index (Phi) is 12.0. The van der Waals surface area contributed by atoms with Gasteiger partial charge in [0, 0.05) is 19.5 Å². The van der Waals surface area contributed by atoms with E-state index in [-0.39, 0.29) is 43.2 Å². The molecule has 3 heterocycles. The Labute approximate surface area is 295 Å². The molecule has 268 valence electrons. The number of fused-ring (bicyclic) bond motifs is 1. The van der Waals surface area contributed by atoms with Gasteiger partial charge < -0.3 is 29.7 Å². The first-order valence-electron chi connectivity index (χ1n) is 17.8. The second kappa shape index (κ2) is 16.2. The molecule has 5 rings (SSSR count). The molecule has 3 aliphatic heterocycles. The number of carbonyl (C=O) groups excluding carboxylic acids is 4. The number of carbonyl (C=O) groups is 4. The number of amides is 3. The standard InChI is InChI=1S/C40H51N3O7/c1-6-8-19-32(45)41-27(5)35(29-17-13-10-14-18-29)49-39(48)33-31-20-21-40(50-31)34(33)37(46)43(30(25-44)23-26(3)4)36(40)38(47)42(22-7-2)24-28-15-11-9-12-16-28/h6-7,9-18,26-27,30-31,33-36,44H,1-2,8,19-25H2,3-5H3,(H,41,45)/t27-,30+,31-,33+,34+,35-,36-,40+/m0/s1. The molecule has 3 saturated heterocycles. The average molecular weight is 686 g/mol. The van der Waals surface area contributed by atoms with Gasteiger partial charge in [-0.2, -0.15) is 0 Å². The molecule has 50 heavy (non-hydrogen) atoms. The second-order valence-corrected chi connectivity index (χ2v) is 14.2. The topological polar surface area (TPSA) is 125 Å². The van der Waals surface area contributed by atoms with E-state index in [1.54, 1.807) is 24.0 Å². The number of aliphatic hydroxyl groups is 1. The lowest BCUT2D eigenvalue weighted by molar-refractivity contribution is -0.162. The first-order chi connectivity index (χ1) is 24.1. The molecule has 2 N–H and O–H groups in total. The molecule has 3 fully saturated rings. The summed E-state index contributed by atoms with van der Waals surface area (Å²) < 4.78 is 12.9. The fraction of sp³-hybridized carbons (Fsp3) is 0.500. The Morgan fingerprint density at radius 2 is 1.76 bits per heavy atom. The van der Waals surface area contributed by atoms with Crippen LogP contribution in [0.2, 0.25) is 0 Å². The van der Waals surface area contributed by atoms with Gasteiger partial charge in [0.1, 0.15) is 17.7 Å². The number of aliphatic hydroxyl groups excluding tert-OH is 1. The van der Waals surface area contributed by atoms with Gasteiger partial charge in [-0.05, 0) is 49.7 Å². The lowest BCUT2D eigenvalue weighted by Gasteiger charge is -2.39. The molecule has 2 bridgehead atoms. The van der Waals surface area contributed by atoms with Crippen molar-refractivity contribution in [2.24, 2.45) is 17.8 Å². The zero-order valence-electron chi connectivity index (χ0n) is 29.4. The first kappa shape index (κ1) is 37.0. The van der Waals surface area contributed by atoms with Crippen LogP contribution in [0.25, 0.3) is 0 Å². The Morgan fingerprint density at radius 3 is 2.38 bits per heavy atom. The van der Waals surface area contributed by atoms with Gasteiger partial charge in [0.2, 0.25) is 17.7 Å². The minimum absolute atomic E-state index is 0.120. The van der Waals surface area contributed by atoms with Crippen molar-refractivity contribution in [3.8, 4) is 0 Å². The quantitative estimate of drug-likeness (QED) is 0.182. The van der Waals surface area contributed by atoms with Gasteiger partial charge in [-0.1, -0.05) is 86.7 Å². The van der Waals surface area contributed by atoms with Crippen molar-refractivity contribution in [1.29, 1.82) is 0 Å². The van der Waals surface area contributed by atoms with Crippen molar-refractivity contribution in [3.63, 3.8) is 0 Å². The SMILES string of the molecule is C=CCCC(=O)N[C@@H](C)[C@H](OC(=O)[C@@H]1[C@@H]2CC[C@]3(O2)[C@H](C(=O)N(CC=C)Cc2ccccc2)N([C@@H](CO)CC(C)C)C(=O)[C@@H]13)c1ccccc1. The van der Waals surface area contributed by atoms with Crippen LogP contribution in [0.3, 0.4) is 0 Å². The number of likely N-dealkylation sites (tertiary alicyclic amines) is 1. The number of nitrogens with one attached hydrogen (secondary N) is 1. The third-order valence-corrected chi connectivity index (χ3v) is 10.3. The molecule has 10 heteroatoms. The van der Waals surface area contributed by atoms with Crippen LogP contribution in [0.5, 0.6) is 0 Å². The Bertz CT molecular complexity index is 1530. The zero-order valence-corrected chi connectivity index (χ0v) is 29.4. The van der Waals surface area contributed by atoms with Gasteiger partial charge in [-0.25, -0.2) is 0 Å². The molecule has 0 saturated carbocycles. The predicted molar refractivity (Wildman–Crippen MR) is 189 cm³/mol. The summed E-state index contributed by atoms with van der Waals surface area (Å²) in [5.41, 5.74) is 0.349. The Hall–Kier alpha value is -4.28. The lowest BCUT2D eigenvalue weighted by Crippen LogP contribution is -2.58. The van der Waals surface area contributed by atoms with E-state index in [0.29, 0.717) is 37.8 Å². The van der Waals surface area contributed by atoms with Crippen LogP contribution in [-0.4, -0.2) is 81.6 Å². The van der Waals surface area contributed by atoms with Gasteiger partial charge in [-0.15, -0.1) is 13.2 Å². The molecule has 0 aromatic heterocycles. The number of nitrogens with zero attached hydrogens (tertiary/aromatic N) is 2. The van der Waals surface area contributed by atoms with Crippen LogP contribution in [0.4, 0.5) is 0 Å². The summed E-state index contributed by atoms with van der Waals surface area (Å²) in [6, 6.07) is 16.5. The summed E-state index contributed by atoms with van der Waals surface area (Å²) in [6.07, 6.45) is 3.98. The zero-order chi connectivity index (χ0) is 36.0. The maximum Gasteiger partial charge on any atom is 0.313 e. The monoisotopic (exact) mass is 685 g/mol. The van der Waals surface area contributed by atoms with Crippen molar-refractivity contribution < 1.29 is 33.8 Å². The molecular formula is C40H51N3O7. The second-order valence-electron chi connectivity index (χ2n) is 14.2. The summed E-state index contributed by atoms with van der Waals surface area (Å²) in [5, 5.41) is 13.6. The molecule has 0 aliphatic carbocycles. The molecule has 0 unspecified atom stereocenters. The fourth-order valence-corrected chi connectivity index (χ4v) is 8.16. The summed E-state index contributed by atoms with van der Waals surface area (Å²) in [4.78, 5) is 59.8. The predicted octanol–water partition coefficient (Wildman–Crippen LogP) is 4.74. The van der Waals surface area contributed by atoms with Crippen LogP contribution >= 0.6 is 0 Å². The third-order valence-electron chi connectivity index (χ3n) is 10.3. The highest BCUT2D eigenvalue weighted by Gasteiger charge is 2.75. The number of ether oxygens (including phenoxy) is 2. The van der Waals surface area contributed by atoms with Crippen LogP contribution in [0, 0.1) is 17.8 Å². The minimum atomic E-state index is -1.27. The molecule has 1 spiro atoms. The highest BCUT2D eigenvalue weighted by Crippen LogP contribution is 2.59. The van der Waals surface area contributed by atoms with E-state index in [2.05, 4.69) is 18.5 Å². The van der Waals surface area contributed by atoms with Crippen LogP contribution < -0.4 is 5.32 Å². The summed E-state index contributed by atoms with van der Waals surface area (Å²) in [7, 11) is 0. The van der Waals surface area contributed by atoms with Gasteiger partial charge >= 0.3 is 5.97 Å². The van der Waals surface area contributed by atoms with Crippen molar-refractivity contribution in [1.82, 2.24) is 15.1 Å². The Balaban J connectivity index is 1.49. The van der Waals surface area contributed by atoms with Crippen LogP contribution in [0.15, 0.2) is 86.0 Å². The van der Waals surface area contributed by atoms with Crippen molar-refractivity contribution >= 4 is 23.7 Å². The number of hydrogen-bond acceptors (Lipinski definition) is 7. The molecule has 10 nitrogen and oxygen atoms in total. The highest BCUT2D eigenvalue weighted by molar-refractivity contribution is 5.98. The minimum Gasteiger partial charge on any atom is -0.455 e. The van der Waals surface area contributed by atoms with Gasteiger partial charge in [0.25, 0.3) is 0 Å². The molecule has 3 aliphatic rings. The number of hydrogen-bond donors (Lipinski definition) is 2. The maximum atomic E-state index is 14.8. The molecule has 0 radical (unpaired) electrons. The van der Waals surface area contributed by atoms with E-state index < -0.39 is 53.7 Å². The van der Waals surface area contributed by atoms with E-state index in [0.717, 1.165) is 5.56 Å². The largest absolute Gasteiger partial charge is 0.455 e.